The third-order valence-electron chi connectivity index (χ3n) is 5.56. The van der Waals surface area contributed by atoms with Crippen LogP contribution in [0, 0.1) is 17.3 Å². The molecule has 0 radical (unpaired) electrons. The quantitative estimate of drug-likeness (QED) is 0.140. The second-order valence-electron chi connectivity index (χ2n) is 8.50. The molecule has 2 N–H and O–H groups in total. The number of aliphatic hydroxyl groups is 2. The molecule has 0 aliphatic heterocycles. The maximum Gasteiger partial charge on any atom is 1.00 e. The van der Waals surface area contributed by atoms with Gasteiger partial charge >= 0.3 is 22.4 Å². The summed E-state index contributed by atoms with van der Waals surface area (Å²) in [6, 6.07) is 0. The van der Waals surface area contributed by atoms with Gasteiger partial charge in [0.15, 0.2) is 5.76 Å². The van der Waals surface area contributed by atoms with Crippen LogP contribution < -0.4 is 5.11 Å². The summed E-state index contributed by atoms with van der Waals surface area (Å²) in [6.45, 7) is 6.77. The van der Waals surface area contributed by atoms with Crippen molar-refractivity contribution in [2.24, 2.45) is 17.3 Å². The normalized spacial score (nSPS) is 20.9. The number of allylic oxidation sites excluding steroid dienone is 3. The van der Waals surface area contributed by atoms with Gasteiger partial charge in [0.05, 0.1) is 0 Å². The SMILES string of the molecule is CCCCC(C)(C)C/C=C/[C@H]1CCC(=O)[C@@H]1CCCC/C(O)=C(\O)C(=O)[O-].[Ag+]. The smallest absolute Gasteiger partial charge is 0.541 e. The molecule has 0 bridgehead atoms. The zero-order valence-corrected chi connectivity index (χ0v) is 18.8. The number of hydrogen-bond acceptors (Lipinski definition) is 5. The van der Waals surface area contributed by atoms with Gasteiger partial charge in [0, 0.05) is 18.8 Å². The van der Waals surface area contributed by atoms with E-state index in [0.29, 0.717) is 25.0 Å². The van der Waals surface area contributed by atoms with Crippen LogP contribution in [0.5, 0.6) is 0 Å². The molecule has 0 aromatic heterocycles. The predicted molar refractivity (Wildman–Crippen MR) is 104 cm³/mol. The van der Waals surface area contributed by atoms with E-state index in [4.69, 9.17) is 5.11 Å². The Morgan fingerprint density at radius 2 is 1.93 bits per heavy atom. The van der Waals surface area contributed by atoms with E-state index >= 15 is 0 Å². The van der Waals surface area contributed by atoms with Crippen molar-refractivity contribution < 1.29 is 47.3 Å². The van der Waals surface area contributed by atoms with Gasteiger partial charge in [-0.25, -0.2) is 0 Å². The fourth-order valence-electron chi connectivity index (χ4n) is 3.75. The monoisotopic (exact) mass is 486 g/mol. The van der Waals surface area contributed by atoms with Crippen LogP contribution in [0.2, 0.25) is 0 Å². The van der Waals surface area contributed by atoms with Crippen LogP contribution in [0.15, 0.2) is 23.7 Å². The minimum atomic E-state index is -1.77. The van der Waals surface area contributed by atoms with Crippen molar-refractivity contribution in [1.29, 1.82) is 0 Å². The van der Waals surface area contributed by atoms with Crippen molar-refractivity contribution in [2.75, 3.05) is 0 Å². The summed E-state index contributed by atoms with van der Waals surface area (Å²) in [5.41, 5.74) is 0.287. The summed E-state index contributed by atoms with van der Waals surface area (Å²) in [5, 5.41) is 29.0. The molecule has 2 atom stereocenters. The Balaban J connectivity index is 0.00000729. The van der Waals surface area contributed by atoms with Gasteiger partial charge in [-0.2, -0.15) is 0 Å². The largest absolute Gasteiger partial charge is 1.00 e. The predicted octanol–water partition coefficient (Wildman–Crippen LogP) is 4.38. The molecule has 0 heterocycles. The van der Waals surface area contributed by atoms with Gasteiger partial charge in [-0.05, 0) is 43.4 Å². The van der Waals surface area contributed by atoms with Crippen LogP contribution in [-0.4, -0.2) is 22.0 Å². The van der Waals surface area contributed by atoms with Crippen LogP contribution in [0.4, 0.5) is 0 Å². The van der Waals surface area contributed by atoms with Crippen LogP contribution in [-0.2, 0) is 32.0 Å². The van der Waals surface area contributed by atoms with E-state index in [-0.39, 0.29) is 46.1 Å². The van der Waals surface area contributed by atoms with E-state index in [1.165, 1.54) is 19.3 Å². The first-order chi connectivity index (χ1) is 12.7. The maximum atomic E-state index is 12.2. The molecule has 0 aromatic rings. The number of aliphatic carboxylic acids is 1. The van der Waals surface area contributed by atoms with Crippen LogP contribution in [0.1, 0.15) is 85.0 Å². The molecule has 0 unspecified atom stereocenters. The van der Waals surface area contributed by atoms with Crippen molar-refractivity contribution in [3.05, 3.63) is 23.7 Å². The summed E-state index contributed by atoms with van der Waals surface area (Å²) in [7, 11) is 0. The minimum absolute atomic E-state index is 0. The van der Waals surface area contributed by atoms with Crippen LogP contribution in [0.25, 0.3) is 0 Å². The molecule has 0 spiro atoms. The van der Waals surface area contributed by atoms with Gasteiger partial charge in [-0.3, -0.25) is 4.79 Å². The number of Topliss-reactive ketones (excluding diaryl/α,β-unsaturated/α-hetero) is 1. The van der Waals surface area contributed by atoms with E-state index < -0.39 is 17.5 Å². The molecule has 0 amide bonds. The second-order valence-corrected chi connectivity index (χ2v) is 8.50. The van der Waals surface area contributed by atoms with E-state index in [1.807, 2.05) is 0 Å². The van der Waals surface area contributed by atoms with Gasteiger partial charge in [0.2, 0.25) is 0 Å². The fraction of sp³-hybridized carbons (Fsp3) is 0.727. The van der Waals surface area contributed by atoms with Crippen molar-refractivity contribution in [3.8, 4) is 0 Å². The molecule has 1 aliphatic carbocycles. The van der Waals surface area contributed by atoms with Crippen molar-refractivity contribution in [2.45, 2.75) is 85.0 Å². The molecule has 1 aliphatic rings. The van der Waals surface area contributed by atoms with E-state index in [9.17, 15) is 19.8 Å². The zero-order valence-electron chi connectivity index (χ0n) is 17.3. The van der Waals surface area contributed by atoms with Crippen molar-refractivity contribution in [3.63, 3.8) is 0 Å². The molecule has 28 heavy (non-hydrogen) atoms. The Hall–Kier alpha value is -1.04. The van der Waals surface area contributed by atoms with E-state index in [0.717, 1.165) is 19.3 Å². The van der Waals surface area contributed by atoms with Gasteiger partial charge in [0.1, 0.15) is 17.5 Å². The first-order valence-corrected chi connectivity index (χ1v) is 10.2. The zero-order chi connectivity index (χ0) is 20.4. The van der Waals surface area contributed by atoms with Gasteiger partial charge in [-0.15, -0.1) is 0 Å². The summed E-state index contributed by atoms with van der Waals surface area (Å²) >= 11 is 0. The van der Waals surface area contributed by atoms with Gasteiger partial charge in [0.25, 0.3) is 0 Å². The first kappa shape index (κ1) is 27.0. The third-order valence-corrected chi connectivity index (χ3v) is 5.56. The Morgan fingerprint density at radius 1 is 1.25 bits per heavy atom. The number of unbranched alkanes of at least 4 members (excludes halogenated alkanes) is 2. The maximum absolute atomic E-state index is 12.2. The van der Waals surface area contributed by atoms with E-state index in [2.05, 4.69) is 32.9 Å². The number of rotatable bonds is 12. The second kappa shape index (κ2) is 13.2. The molecule has 0 aromatic carbocycles. The molecule has 1 saturated carbocycles. The molecule has 1 rings (SSSR count). The first-order valence-electron chi connectivity index (χ1n) is 10.2. The van der Waals surface area contributed by atoms with E-state index in [1.54, 1.807) is 0 Å². The Labute approximate surface area is 184 Å². The number of carbonyl (C=O) groups excluding carboxylic acids is 2. The Bertz CT molecular complexity index is 565. The summed E-state index contributed by atoms with van der Waals surface area (Å²) in [4.78, 5) is 22.7. The number of ketones is 1. The van der Waals surface area contributed by atoms with Gasteiger partial charge in [-0.1, -0.05) is 52.2 Å². The topological polar surface area (TPSA) is 97.7 Å². The Morgan fingerprint density at radius 3 is 2.54 bits per heavy atom. The average molecular weight is 487 g/mol. The number of carboxylic acid groups (broad SMARTS) is 1. The molecular weight excluding hydrogens is 452 g/mol. The molecule has 6 heteroatoms. The number of carboxylic acids is 1. The third kappa shape index (κ3) is 9.44. The van der Waals surface area contributed by atoms with Crippen LogP contribution in [0.3, 0.4) is 0 Å². The standard InChI is InChI=1S/C22H36O5.Ag/c1-4-5-14-22(2,3)15-8-9-16-12-13-18(23)17(16)10-6-7-11-19(24)20(25)21(26)27;/h8-9,16-17,24-25H,4-7,10-15H2,1-3H3,(H,26,27);/q;+1/p-1/b9-8+,20-19+;/t16-,17+;/m0./s1. The Kier molecular flexibility index (Phi) is 12.7. The molecule has 164 valence electrons. The number of aliphatic hydroxyl groups excluding tert-OH is 2. The van der Waals surface area contributed by atoms with Crippen molar-refractivity contribution in [1.82, 2.24) is 0 Å². The molecule has 0 saturated heterocycles. The molecular formula is C22H35AgO5. The van der Waals surface area contributed by atoms with Crippen LogP contribution >= 0.6 is 0 Å². The van der Waals surface area contributed by atoms with Gasteiger partial charge < -0.3 is 20.1 Å². The summed E-state index contributed by atoms with van der Waals surface area (Å²) in [5.74, 6) is -2.84. The fourth-order valence-corrected chi connectivity index (χ4v) is 3.75. The average Bonchev–Trinajstić information content (AvgIpc) is 2.95. The molecule has 5 nitrogen and oxygen atoms in total. The minimum Gasteiger partial charge on any atom is -0.541 e. The summed E-state index contributed by atoms with van der Waals surface area (Å²) in [6.07, 6.45) is 12.7. The number of hydrogen-bond donors (Lipinski definition) is 2. The number of carbonyl (C=O) groups is 2. The summed E-state index contributed by atoms with van der Waals surface area (Å²) < 4.78 is 0. The molecule has 1 fully saturated rings. The van der Waals surface area contributed by atoms with Crippen molar-refractivity contribution >= 4 is 11.8 Å².